The third kappa shape index (κ3) is 2.92. The van der Waals surface area contributed by atoms with E-state index in [4.69, 9.17) is 0 Å². The largest absolute Gasteiger partial charge is 0.323 e. The number of amides is 2. The maximum Gasteiger partial charge on any atom is 0.323 e. The first-order chi connectivity index (χ1) is 13.1. The van der Waals surface area contributed by atoms with Gasteiger partial charge in [-0.3, -0.25) is 15.2 Å². The average Bonchev–Trinajstić information content (AvgIpc) is 3.36. The number of carbonyl (C=O) groups is 1. The molecule has 2 saturated heterocycles. The Kier molecular flexibility index (Phi) is 3.80. The molecule has 2 aliphatic rings. The minimum Gasteiger partial charge on any atom is -0.319 e. The lowest BCUT2D eigenvalue weighted by Crippen LogP contribution is -2.48. The first-order valence-electron chi connectivity index (χ1n) is 8.91. The summed E-state index contributed by atoms with van der Waals surface area (Å²) in [6.45, 7) is 3.65. The number of nitrogens with zero attached hydrogens (tertiary/aromatic N) is 6. The van der Waals surface area contributed by atoms with E-state index in [0.29, 0.717) is 17.9 Å². The lowest BCUT2D eigenvalue weighted by molar-refractivity contribution is 0.161. The van der Waals surface area contributed by atoms with E-state index in [2.05, 4.69) is 37.4 Å². The van der Waals surface area contributed by atoms with Crippen molar-refractivity contribution in [1.82, 2.24) is 30.0 Å². The molecular formula is C18H19N7OS. The summed E-state index contributed by atoms with van der Waals surface area (Å²) < 4.78 is 0. The Morgan fingerprint density at radius 1 is 1.15 bits per heavy atom. The van der Waals surface area contributed by atoms with E-state index in [1.807, 2.05) is 24.0 Å². The number of nitrogens with one attached hydrogen (secondary N) is 1. The molecule has 0 aliphatic carbocycles. The number of aryl methyl sites for hydroxylation is 1. The van der Waals surface area contributed by atoms with Gasteiger partial charge in [0, 0.05) is 43.0 Å². The summed E-state index contributed by atoms with van der Waals surface area (Å²) in [5.74, 6) is 0.550. The van der Waals surface area contributed by atoms with Gasteiger partial charge in [0.1, 0.15) is 16.5 Å². The summed E-state index contributed by atoms with van der Waals surface area (Å²) in [4.78, 5) is 25.7. The fraction of sp³-hybridized carbons (Fsp3) is 0.389. The second-order valence-corrected chi connectivity index (χ2v) is 8.36. The molecule has 0 saturated carbocycles. The molecular weight excluding hydrogens is 362 g/mol. The van der Waals surface area contributed by atoms with E-state index in [1.54, 1.807) is 12.4 Å². The maximum absolute atomic E-state index is 12.7. The molecule has 0 aromatic carbocycles. The summed E-state index contributed by atoms with van der Waals surface area (Å²) in [5.41, 5.74) is 0.775. The Bertz CT molecular complexity index is 1030. The van der Waals surface area contributed by atoms with E-state index >= 15 is 0 Å². The van der Waals surface area contributed by atoms with Crippen molar-refractivity contribution in [2.24, 2.45) is 0 Å². The Morgan fingerprint density at radius 3 is 2.70 bits per heavy atom. The highest BCUT2D eigenvalue weighted by Crippen LogP contribution is 2.30. The monoisotopic (exact) mass is 381 g/mol. The van der Waals surface area contributed by atoms with E-state index in [1.165, 1.54) is 11.3 Å². The van der Waals surface area contributed by atoms with Gasteiger partial charge in [-0.05, 0) is 37.9 Å². The number of aromatic nitrogens is 4. The van der Waals surface area contributed by atoms with Gasteiger partial charge in [0.05, 0.1) is 0 Å². The Labute approximate surface area is 160 Å². The molecule has 0 radical (unpaired) electrons. The minimum atomic E-state index is -0.0727. The van der Waals surface area contributed by atoms with Crippen LogP contribution >= 0.6 is 11.3 Å². The zero-order valence-electron chi connectivity index (χ0n) is 15.1. The van der Waals surface area contributed by atoms with Crippen LogP contribution in [0.2, 0.25) is 0 Å². The third-order valence-electron chi connectivity index (χ3n) is 5.36. The number of rotatable bonds is 2. The van der Waals surface area contributed by atoms with Crippen LogP contribution in [-0.4, -0.2) is 68.2 Å². The molecule has 0 spiro atoms. The first kappa shape index (κ1) is 16.5. The molecule has 2 aliphatic heterocycles. The Balaban J connectivity index is 1.38. The summed E-state index contributed by atoms with van der Waals surface area (Å²) in [6.07, 6.45) is 4.57. The van der Waals surface area contributed by atoms with E-state index in [-0.39, 0.29) is 6.03 Å². The average molecular weight is 381 g/mol. The van der Waals surface area contributed by atoms with Gasteiger partial charge in [-0.15, -0.1) is 10.2 Å². The van der Waals surface area contributed by atoms with Crippen molar-refractivity contribution in [2.75, 3.05) is 25.5 Å². The molecule has 5 rings (SSSR count). The quantitative estimate of drug-likeness (QED) is 0.733. The van der Waals surface area contributed by atoms with Gasteiger partial charge in [0.2, 0.25) is 0 Å². The van der Waals surface area contributed by atoms with Crippen molar-refractivity contribution in [3.8, 4) is 10.7 Å². The molecule has 8 nitrogen and oxygen atoms in total. The molecule has 0 unspecified atom stereocenters. The lowest BCUT2D eigenvalue weighted by Gasteiger charge is -2.31. The number of urea groups is 1. The molecule has 27 heavy (non-hydrogen) atoms. The number of hydrogen-bond donors (Lipinski definition) is 1. The fourth-order valence-electron chi connectivity index (χ4n) is 3.92. The van der Waals surface area contributed by atoms with Gasteiger partial charge < -0.3 is 4.90 Å². The number of hydrogen-bond acceptors (Lipinski definition) is 7. The zero-order valence-corrected chi connectivity index (χ0v) is 15.9. The molecule has 5 heterocycles. The fourth-order valence-corrected chi connectivity index (χ4v) is 4.58. The number of likely N-dealkylation sites (N-methyl/N-ethyl adjacent to an activating group) is 1. The number of piperazine rings is 1. The molecule has 9 heteroatoms. The highest BCUT2D eigenvalue weighted by atomic mass is 32.1. The molecule has 2 amide bonds. The molecule has 138 valence electrons. The number of carbonyl (C=O) groups excluding carboxylic acids is 1. The number of pyridine rings is 2. The maximum atomic E-state index is 12.7. The van der Waals surface area contributed by atoms with Crippen molar-refractivity contribution in [3.05, 3.63) is 29.5 Å². The molecule has 2 fully saturated rings. The standard InChI is InChI=1S/C18H19N7OS/c1-10-22-23-17(27-10)15-3-11-4-16(20-7-12(11)6-19-15)21-18(26)25-9-13-5-14(25)8-24(13)2/h3-4,6-7,13-14H,5,8-9H2,1-2H3,(H,20,21,26)/t13-,14-/m1/s1. The van der Waals surface area contributed by atoms with Crippen LogP contribution in [0.1, 0.15) is 11.4 Å². The molecule has 3 aromatic heterocycles. The van der Waals surface area contributed by atoms with Crippen molar-refractivity contribution in [3.63, 3.8) is 0 Å². The predicted molar refractivity (Wildman–Crippen MR) is 104 cm³/mol. The summed E-state index contributed by atoms with van der Waals surface area (Å²) >= 11 is 1.51. The molecule has 3 aromatic rings. The van der Waals surface area contributed by atoms with Crippen molar-refractivity contribution >= 4 is 34.0 Å². The van der Waals surface area contributed by atoms with Crippen molar-refractivity contribution in [1.29, 1.82) is 0 Å². The Hall–Kier alpha value is -2.65. The first-order valence-corrected chi connectivity index (χ1v) is 9.72. The smallest absolute Gasteiger partial charge is 0.319 e. The van der Waals surface area contributed by atoms with Gasteiger partial charge in [-0.2, -0.15) is 0 Å². The van der Waals surface area contributed by atoms with Crippen LogP contribution in [0.15, 0.2) is 24.5 Å². The van der Waals surface area contributed by atoms with Crippen LogP contribution < -0.4 is 5.32 Å². The third-order valence-corrected chi connectivity index (χ3v) is 6.22. The van der Waals surface area contributed by atoms with Gasteiger partial charge in [-0.25, -0.2) is 9.78 Å². The normalized spacial score (nSPS) is 21.9. The van der Waals surface area contributed by atoms with E-state index < -0.39 is 0 Å². The Morgan fingerprint density at radius 2 is 2.00 bits per heavy atom. The van der Waals surface area contributed by atoms with Crippen molar-refractivity contribution in [2.45, 2.75) is 25.4 Å². The summed E-state index contributed by atoms with van der Waals surface area (Å²) in [5, 5.41) is 14.7. The van der Waals surface area contributed by atoms with Gasteiger partial charge in [-0.1, -0.05) is 11.3 Å². The van der Waals surface area contributed by atoms with Crippen LogP contribution in [0.4, 0.5) is 10.6 Å². The van der Waals surface area contributed by atoms with Crippen LogP contribution in [-0.2, 0) is 0 Å². The summed E-state index contributed by atoms with van der Waals surface area (Å²) in [7, 11) is 2.12. The number of likely N-dealkylation sites (tertiary alicyclic amines) is 2. The van der Waals surface area contributed by atoms with Crippen LogP contribution in [0.3, 0.4) is 0 Å². The van der Waals surface area contributed by atoms with E-state index in [0.717, 1.165) is 46.0 Å². The predicted octanol–water partition coefficient (Wildman–Crippen LogP) is 2.38. The topological polar surface area (TPSA) is 87.1 Å². The van der Waals surface area contributed by atoms with Gasteiger partial charge in [0.15, 0.2) is 5.01 Å². The van der Waals surface area contributed by atoms with Crippen molar-refractivity contribution < 1.29 is 4.79 Å². The van der Waals surface area contributed by atoms with Gasteiger partial charge >= 0.3 is 6.03 Å². The molecule has 2 bridgehead atoms. The highest BCUT2D eigenvalue weighted by molar-refractivity contribution is 7.14. The summed E-state index contributed by atoms with van der Waals surface area (Å²) in [6, 6.07) is 4.55. The molecule has 2 atom stereocenters. The van der Waals surface area contributed by atoms with E-state index in [9.17, 15) is 4.79 Å². The lowest BCUT2D eigenvalue weighted by atomic mass is 10.2. The second kappa shape index (κ2) is 6.21. The molecule has 1 N–H and O–H groups in total. The zero-order chi connectivity index (χ0) is 18.5. The van der Waals surface area contributed by atoms with Crippen LogP contribution in [0.25, 0.3) is 21.5 Å². The van der Waals surface area contributed by atoms with Crippen LogP contribution in [0.5, 0.6) is 0 Å². The van der Waals surface area contributed by atoms with Gasteiger partial charge in [0.25, 0.3) is 0 Å². The SMILES string of the molecule is Cc1nnc(-c2cc3cc(NC(=O)N4C[C@H]5C[C@@H]4CN5C)ncc3cn2)s1. The number of fused-ring (bicyclic) bond motifs is 3. The number of anilines is 1. The second-order valence-electron chi connectivity index (χ2n) is 7.18. The van der Waals surface area contributed by atoms with Crippen LogP contribution in [0, 0.1) is 6.92 Å². The minimum absolute atomic E-state index is 0.0727. The highest BCUT2D eigenvalue weighted by Gasteiger charge is 2.43.